The van der Waals surface area contributed by atoms with Crippen molar-refractivity contribution >= 4 is 46.7 Å². The molecule has 0 aliphatic carbocycles. The Bertz CT molecular complexity index is 1630. The predicted molar refractivity (Wildman–Crippen MR) is 164 cm³/mol. The second kappa shape index (κ2) is 12.9. The SMILES string of the molecule is O=C(c1csc(CSc2nnc(-c3ccco3)n2-c2ccccc2Cl)n1)N1CCN(CC=Cc2ccccc2)CC1. The Balaban J connectivity index is 1.07. The molecular formula is C30H27ClN6O2S2. The average molecular weight is 603 g/mol. The number of rotatable bonds is 9. The molecule has 208 valence electrons. The van der Waals surface area contributed by atoms with Gasteiger partial charge in [0, 0.05) is 38.1 Å². The van der Waals surface area contributed by atoms with Crippen molar-refractivity contribution in [1.29, 1.82) is 0 Å². The van der Waals surface area contributed by atoms with E-state index in [0.29, 0.717) is 46.3 Å². The van der Waals surface area contributed by atoms with Gasteiger partial charge in [-0.05, 0) is 29.8 Å². The van der Waals surface area contributed by atoms with Crippen LogP contribution in [0.4, 0.5) is 0 Å². The molecule has 41 heavy (non-hydrogen) atoms. The lowest BCUT2D eigenvalue weighted by Crippen LogP contribution is -2.48. The number of amides is 1. The van der Waals surface area contributed by atoms with Gasteiger partial charge in [-0.15, -0.1) is 21.5 Å². The number of para-hydroxylation sites is 1. The Morgan fingerprint density at radius 1 is 1.00 bits per heavy atom. The maximum Gasteiger partial charge on any atom is 0.273 e. The second-order valence-electron chi connectivity index (χ2n) is 9.39. The lowest BCUT2D eigenvalue weighted by Gasteiger charge is -2.33. The lowest BCUT2D eigenvalue weighted by atomic mass is 10.2. The molecule has 0 radical (unpaired) electrons. The zero-order chi connectivity index (χ0) is 28.0. The molecule has 0 bridgehead atoms. The van der Waals surface area contributed by atoms with Gasteiger partial charge in [0.15, 0.2) is 10.9 Å². The molecule has 1 aliphatic heterocycles. The van der Waals surface area contributed by atoms with Crippen LogP contribution in [-0.4, -0.2) is 68.2 Å². The van der Waals surface area contributed by atoms with E-state index in [1.165, 1.54) is 28.7 Å². The lowest BCUT2D eigenvalue weighted by molar-refractivity contribution is 0.0645. The Morgan fingerprint density at radius 2 is 1.80 bits per heavy atom. The van der Waals surface area contributed by atoms with Crippen molar-refractivity contribution < 1.29 is 9.21 Å². The number of thiazole rings is 1. The van der Waals surface area contributed by atoms with Crippen molar-refractivity contribution in [3.8, 4) is 17.3 Å². The Hall–Kier alpha value is -3.70. The number of thioether (sulfide) groups is 1. The maximum absolute atomic E-state index is 13.2. The molecule has 2 aromatic carbocycles. The summed E-state index contributed by atoms with van der Waals surface area (Å²) in [5, 5.41) is 12.7. The van der Waals surface area contributed by atoms with E-state index in [4.69, 9.17) is 16.0 Å². The number of carbonyl (C=O) groups excluding carboxylic acids is 1. The van der Waals surface area contributed by atoms with Crippen LogP contribution in [0.3, 0.4) is 0 Å². The molecule has 4 heterocycles. The van der Waals surface area contributed by atoms with Gasteiger partial charge in [-0.3, -0.25) is 14.3 Å². The van der Waals surface area contributed by atoms with E-state index in [9.17, 15) is 4.79 Å². The van der Waals surface area contributed by atoms with E-state index < -0.39 is 0 Å². The van der Waals surface area contributed by atoms with Crippen molar-refractivity contribution in [3.05, 3.63) is 106 Å². The van der Waals surface area contributed by atoms with Gasteiger partial charge in [0.25, 0.3) is 5.91 Å². The number of benzene rings is 2. The number of hydrogen-bond donors (Lipinski definition) is 0. The molecule has 0 spiro atoms. The van der Waals surface area contributed by atoms with Crippen molar-refractivity contribution in [2.24, 2.45) is 0 Å². The molecule has 0 atom stereocenters. The summed E-state index contributed by atoms with van der Waals surface area (Å²) in [6.07, 6.45) is 5.92. The first kappa shape index (κ1) is 27.5. The van der Waals surface area contributed by atoms with Crippen LogP contribution < -0.4 is 0 Å². The number of furan rings is 1. The first-order valence-electron chi connectivity index (χ1n) is 13.2. The van der Waals surface area contributed by atoms with Crippen molar-refractivity contribution in [1.82, 2.24) is 29.5 Å². The fourth-order valence-corrected chi connectivity index (χ4v) is 6.53. The third-order valence-electron chi connectivity index (χ3n) is 6.70. The summed E-state index contributed by atoms with van der Waals surface area (Å²) < 4.78 is 7.48. The van der Waals surface area contributed by atoms with Crippen LogP contribution in [0.25, 0.3) is 23.3 Å². The van der Waals surface area contributed by atoms with Crippen LogP contribution in [0.2, 0.25) is 5.02 Å². The number of hydrogen-bond acceptors (Lipinski definition) is 8. The normalized spacial score (nSPS) is 14.2. The number of nitrogens with zero attached hydrogens (tertiary/aromatic N) is 6. The van der Waals surface area contributed by atoms with Gasteiger partial charge in [-0.2, -0.15) is 0 Å². The maximum atomic E-state index is 13.2. The first-order valence-corrected chi connectivity index (χ1v) is 15.4. The highest BCUT2D eigenvalue weighted by Crippen LogP contribution is 2.33. The van der Waals surface area contributed by atoms with Gasteiger partial charge in [0.1, 0.15) is 10.7 Å². The van der Waals surface area contributed by atoms with E-state index in [0.717, 1.165) is 30.3 Å². The molecule has 8 nitrogen and oxygen atoms in total. The van der Waals surface area contributed by atoms with Gasteiger partial charge >= 0.3 is 0 Å². The molecule has 11 heteroatoms. The molecule has 1 fully saturated rings. The minimum Gasteiger partial charge on any atom is -0.461 e. The van der Waals surface area contributed by atoms with E-state index in [2.05, 4.69) is 44.4 Å². The van der Waals surface area contributed by atoms with Crippen molar-refractivity contribution in [2.45, 2.75) is 10.9 Å². The number of carbonyl (C=O) groups is 1. The van der Waals surface area contributed by atoms with E-state index in [1.54, 1.807) is 6.26 Å². The fraction of sp³-hybridized carbons (Fsp3) is 0.200. The number of halogens is 1. The number of piperazine rings is 1. The van der Waals surface area contributed by atoms with Gasteiger partial charge in [0.2, 0.25) is 5.82 Å². The molecule has 0 unspecified atom stereocenters. The highest BCUT2D eigenvalue weighted by Gasteiger charge is 2.24. The molecular weight excluding hydrogens is 576 g/mol. The Kier molecular flexibility index (Phi) is 8.62. The highest BCUT2D eigenvalue weighted by atomic mass is 35.5. The minimum absolute atomic E-state index is 0.0173. The third kappa shape index (κ3) is 6.46. The van der Waals surface area contributed by atoms with Crippen LogP contribution >= 0.6 is 34.7 Å². The molecule has 5 aromatic rings. The predicted octanol–water partition coefficient (Wildman–Crippen LogP) is 6.40. The average Bonchev–Trinajstić information content (AvgIpc) is 3.78. The molecule has 6 rings (SSSR count). The summed E-state index contributed by atoms with van der Waals surface area (Å²) in [7, 11) is 0. The van der Waals surface area contributed by atoms with Crippen LogP contribution in [-0.2, 0) is 5.75 Å². The molecule has 0 saturated carbocycles. The van der Waals surface area contributed by atoms with Crippen LogP contribution in [0, 0.1) is 0 Å². The molecule has 1 amide bonds. The van der Waals surface area contributed by atoms with Crippen molar-refractivity contribution in [2.75, 3.05) is 32.7 Å². The summed E-state index contributed by atoms with van der Waals surface area (Å²) in [6.45, 7) is 3.93. The molecule has 1 aliphatic rings. The topological polar surface area (TPSA) is 80.3 Å². The summed E-state index contributed by atoms with van der Waals surface area (Å²) in [5.74, 6) is 1.69. The standard InChI is InChI=1S/C30H27ClN6O2S2/c31-23-11-4-5-12-25(23)37-28(26-13-7-19-39-26)33-34-30(37)41-21-27-32-24(20-40-27)29(38)36-17-15-35(16-18-36)14-6-10-22-8-2-1-3-9-22/h1-13,19-20H,14-18,21H2. The fourth-order valence-electron chi connectivity index (χ4n) is 4.58. The van der Waals surface area contributed by atoms with Crippen molar-refractivity contribution in [3.63, 3.8) is 0 Å². The quantitative estimate of drug-likeness (QED) is 0.181. The Morgan fingerprint density at radius 3 is 2.59 bits per heavy atom. The van der Waals surface area contributed by atoms with Crippen LogP contribution in [0.5, 0.6) is 0 Å². The van der Waals surface area contributed by atoms with Gasteiger partial charge in [-0.1, -0.05) is 78.0 Å². The summed E-state index contributed by atoms with van der Waals surface area (Å²) in [4.78, 5) is 22.1. The first-order chi connectivity index (χ1) is 20.2. The monoisotopic (exact) mass is 602 g/mol. The largest absolute Gasteiger partial charge is 0.461 e. The van der Waals surface area contributed by atoms with E-state index >= 15 is 0 Å². The second-order valence-corrected chi connectivity index (χ2v) is 11.7. The van der Waals surface area contributed by atoms with Crippen LogP contribution in [0.1, 0.15) is 21.1 Å². The Labute approximate surface area is 251 Å². The summed E-state index contributed by atoms with van der Waals surface area (Å²) in [5.41, 5.74) is 2.45. The summed E-state index contributed by atoms with van der Waals surface area (Å²) >= 11 is 9.50. The molecule has 0 N–H and O–H groups in total. The molecule has 1 saturated heterocycles. The zero-order valence-corrected chi connectivity index (χ0v) is 24.5. The zero-order valence-electron chi connectivity index (χ0n) is 22.1. The van der Waals surface area contributed by atoms with E-state index in [-0.39, 0.29) is 5.91 Å². The van der Waals surface area contributed by atoms with E-state index in [1.807, 2.05) is 69.4 Å². The highest BCUT2D eigenvalue weighted by molar-refractivity contribution is 7.98. The third-order valence-corrected chi connectivity index (χ3v) is 8.99. The number of aromatic nitrogens is 4. The smallest absolute Gasteiger partial charge is 0.273 e. The summed E-state index contributed by atoms with van der Waals surface area (Å²) in [6, 6.07) is 21.5. The van der Waals surface area contributed by atoms with Gasteiger partial charge in [-0.25, -0.2) is 4.98 Å². The van der Waals surface area contributed by atoms with Crippen LogP contribution in [0.15, 0.2) is 94.0 Å². The van der Waals surface area contributed by atoms with Gasteiger partial charge < -0.3 is 9.32 Å². The molecule has 3 aromatic heterocycles. The minimum atomic E-state index is -0.0173. The van der Waals surface area contributed by atoms with Gasteiger partial charge in [0.05, 0.1) is 22.7 Å².